The standard InChI is InChI=1S/C14H18N6O2/c1-8-15-13(19-16-8)12-7-20(4-5-22-12)14(21)11-6-10(17-18-11)9-2-3-9/h6,9,12H,2-5,7H2,1H3,(H,17,18)(H,15,16,19)/t12-/m1/s1. The molecule has 0 bridgehead atoms. The number of aromatic amines is 2. The summed E-state index contributed by atoms with van der Waals surface area (Å²) >= 11 is 0. The first kappa shape index (κ1) is 13.4. The number of ether oxygens (including phenoxy) is 1. The third kappa shape index (κ3) is 2.50. The molecule has 116 valence electrons. The molecule has 22 heavy (non-hydrogen) atoms. The molecule has 1 aliphatic carbocycles. The zero-order valence-corrected chi connectivity index (χ0v) is 12.4. The van der Waals surface area contributed by atoms with Crippen molar-refractivity contribution in [1.82, 2.24) is 30.3 Å². The Hall–Kier alpha value is -2.22. The van der Waals surface area contributed by atoms with E-state index in [1.54, 1.807) is 4.90 Å². The first-order valence-corrected chi connectivity index (χ1v) is 7.56. The lowest BCUT2D eigenvalue weighted by atomic mass is 10.2. The van der Waals surface area contributed by atoms with E-state index in [2.05, 4.69) is 25.4 Å². The first-order chi connectivity index (χ1) is 10.7. The highest BCUT2D eigenvalue weighted by molar-refractivity contribution is 5.92. The number of aromatic nitrogens is 5. The van der Waals surface area contributed by atoms with Crippen molar-refractivity contribution in [1.29, 1.82) is 0 Å². The zero-order chi connectivity index (χ0) is 15.1. The van der Waals surface area contributed by atoms with Crippen molar-refractivity contribution >= 4 is 5.91 Å². The van der Waals surface area contributed by atoms with Gasteiger partial charge in [0.1, 0.15) is 17.6 Å². The number of nitrogens with one attached hydrogen (secondary N) is 2. The summed E-state index contributed by atoms with van der Waals surface area (Å²) in [5, 5.41) is 14.1. The molecule has 8 heteroatoms. The maximum Gasteiger partial charge on any atom is 0.274 e. The van der Waals surface area contributed by atoms with Crippen LogP contribution in [0.4, 0.5) is 0 Å². The van der Waals surface area contributed by atoms with Crippen LogP contribution in [-0.4, -0.2) is 55.9 Å². The molecule has 0 unspecified atom stereocenters. The van der Waals surface area contributed by atoms with Crippen LogP contribution in [0.25, 0.3) is 0 Å². The van der Waals surface area contributed by atoms with Crippen LogP contribution in [0.15, 0.2) is 6.07 Å². The molecule has 2 aromatic rings. The number of carbonyl (C=O) groups is 1. The first-order valence-electron chi connectivity index (χ1n) is 7.56. The minimum atomic E-state index is -0.288. The summed E-state index contributed by atoms with van der Waals surface area (Å²) in [5.74, 6) is 1.82. The molecule has 2 aromatic heterocycles. The smallest absolute Gasteiger partial charge is 0.274 e. The van der Waals surface area contributed by atoms with E-state index in [-0.39, 0.29) is 12.0 Å². The van der Waals surface area contributed by atoms with E-state index >= 15 is 0 Å². The molecular weight excluding hydrogens is 284 g/mol. The zero-order valence-electron chi connectivity index (χ0n) is 12.4. The van der Waals surface area contributed by atoms with E-state index in [0.717, 1.165) is 11.5 Å². The third-order valence-corrected chi connectivity index (χ3v) is 4.09. The van der Waals surface area contributed by atoms with Gasteiger partial charge >= 0.3 is 0 Å². The van der Waals surface area contributed by atoms with Crippen LogP contribution in [0.1, 0.15) is 52.7 Å². The van der Waals surface area contributed by atoms with Crippen LogP contribution in [0, 0.1) is 6.92 Å². The van der Waals surface area contributed by atoms with Crippen LogP contribution in [0.3, 0.4) is 0 Å². The monoisotopic (exact) mass is 302 g/mol. The fourth-order valence-electron chi connectivity index (χ4n) is 2.71. The number of amides is 1. The molecule has 0 spiro atoms. The predicted molar refractivity (Wildman–Crippen MR) is 76.3 cm³/mol. The number of nitrogens with zero attached hydrogens (tertiary/aromatic N) is 4. The fourth-order valence-corrected chi connectivity index (χ4v) is 2.71. The van der Waals surface area contributed by atoms with Crippen molar-refractivity contribution in [2.45, 2.75) is 31.8 Å². The molecule has 2 aliphatic rings. The van der Waals surface area contributed by atoms with Crippen LogP contribution >= 0.6 is 0 Å². The van der Waals surface area contributed by atoms with Crippen LogP contribution in [-0.2, 0) is 4.74 Å². The summed E-state index contributed by atoms with van der Waals surface area (Å²) in [4.78, 5) is 18.6. The topological polar surface area (TPSA) is 99.8 Å². The highest BCUT2D eigenvalue weighted by Crippen LogP contribution is 2.39. The summed E-state index contributed by atoms with van der Waals surface area (Å²) in [5.41, 5.74) is 1.55. The molecule has 0 radical (unpaired) electrons. The van der Waals surface area contributed by atoms with Gasteiger partial charge in [0.05, 0.1) is 13.2 Å². The number of carbonyl (C=O) groups excluding carboxylic acids is 1. The fraction of sp³-hybridized carbons (Fsp3) is 0.571. The summed E-state index contributed by atoms with van der Waals surface area (Å²) < 4.78 is 5.68. The van der Waals surface area contributed by atoms with Gasteiger partial charge in [-0.1, -0.05) is 0 Å². The van der Waals surface area contributed by atoms with E-state index in [1.165, 1.54) is 12.8 Å². The second kappa shape index (κ2) is 5.20. The Balaban J connectivity index is 1.47. The van der Waals surface area contributed by atoms with Crippen LogP contribution in [0.5, 0.6) is 0 Å². The molecule has 4 rings (SSSR count). The highest BCUT2D eigenvalue weighted by Gasteiger charge is 2.31. The van der Waals surface area contributed by atoms with E-state index in [4.69, 9.17) is 4.74 Å². The summed E-state index contributed by atoms with van der Waals surface area (Å²) in [6.45, 7) is 3.32. The Bertz CT molecular complexity index is 689. The van der Waals surface area contributed by atoms with Crippen molar-refractivity contribution < 1.29 is 9.53 Å². The number of hydrogen-bond donors (Lipinski definition) is 2. The largest absolute Gasteiger partial charge is 0.366 e. The van der Waals surface area contributed by atoms with Crippen molar-refractivity contribution in [2.75, 3.05) is 19.7 Å². The maximum absolute atomic E-state index is 12.6. The quantitative estimate of drug-likeness (QED) is 0.878. The van der Waals surface area contributed by atoms with Gasteiger partial charge < -0.3 is 9.64 Å². The minimum absolute atomic E-state index is 0.0660. The highest BCUT2D eigenvalue weighted by atomic mass is 16.5. The number of hydrogen-bond acceptors (Lipinski definition) is 5. The average Bonchev–Trinajstić information content (AvgIpc) is 3.10. The van der Waals surface area contributed by atoms with Gasteiger partial charge in [-0.3, -0.25) is 15.0 Å². The lowest BCUT2D eigenvalue weighted by Crippen LogP contribution is -2.42. The second-order valence-electron chi connectivity index (χ2n) is 5.87. The minimum Gasteiger partial charge on any atom is -0.366 e. The Morgan fingerprint density at radius 1 is 1.36 bits per heavy atom. The van der Waals surface area contributed by atoms with Crippen LogP contribution in [0.2, 0.25) is 0 Å². The molecule has 2 fully saturated rings. The number of rotatable bonds is 3. The Kier molecular flexibility index (Phi) is 3.18. The molecule has 1 amide bonds. The molecule has 1 atom stereocenters. The van der Waals surface area contributed by atoms with Crippen molar-refractivity contribution in [3.63, 3.8) is 0 Å². The van der Waals surface area contributed by atoms with Gasteiger partial charge in [-0.2, -0.15) is 10.2 Å². The molecule has 1 saturated heterocycles. The van der Waals surface area contributed by atoms with Crippen molar-refractivity contribution in [3.05, 3.63) is 29.1 Å². The third-order valence-electron chi connectivity index (χ3n) is 4.09. The molecule has 8 nitrogen and oxygen atoms in total. The summed E-state index contributed by atoms with van der Waals surface area (Å²) in [7, 11) is 0. The summed E-state index contributed by atoms with van der Waals surface area (Å²) in [6.07, 6.45) is 2.07. The molecule has 1 aliphatic heterocycles. The predicted octanol–water partition coefficient (Wildman–Crippen LogP) is 0.927. The van der Waals surface area contributed by atoms with Gasteiger partial charge in [0, 0.05) is 18.2 Å². The average molecular weight is 302 g/mol. The van der Waals surface area contributed by atoms with Gasteiger partial charge in [0.15, 0.2) is 5.82 Å². The van der Waals surface area contributed by atoms with Gasteiger partial charge in [-0.05, 0) is 25.8 Å². The Labute approximate surface area is 127 Å². The van der Waals surface area contributed by atoms with Crippen molar-refractivity contribution in [2.24, 2.45) is 0 Å². The lowest BCUT2D eigenvalue weighted by Gasteiger charge is -2.31. The van der Waals surface area contributed by atoms with Crippen molar-refractivity contribution in [3.8, 4) is 0 Å². The van der Waals surface area contributed by atoms with E-state index < -0.39 is 0 Å². The number of aryl methyl sites for hydroxylation is 1. The summed E-state index contributed by atoms with van der Waals surface area (Å²) in [6, 6.07) is 1.88. The van der Waals surface area contributed by atoms with E-state index in [0.29, 0.717) is 37.1 Å². The number of H-pyrrole nitrogens is 2. The van der Waals surface area contributed by atoms with Gasteiger partial charge in [0.2, 0.25) is 0 Å². The van der Waals surface area contributed by atoms with Gasteiger partial charge in [0.25, 0.3) is 5.91 Å². The SMILES string of the molecule is Cc1nc([C@H]2CN(C(=O)c3cc(C4CC4)[nH]n3)CCO2)n[nH]1. The lowest BCUT2D eigenvalue weighted by molar-refractivity contribution is -0.0268. The maximum atomic E-state index is 12.6. The Morgan fingerprint density at radius 2 is 2.23 bits per heavy atom. The molecule has 2 N–H and O–H groups in total. The van der Waals surface area contributed by atoms with E-state index in [1.807, 2.05) is 13.0 Å². The molecule has 1 saturated carbocycles. The second-order valence-corrected chi connectivity index (χ2v) is 5.87. The van der Waals surface area contributed by atoms with E-state index in [9.17, 15) is 4.79 Å². The molecule has 3 heterocycles. The van der Waals surface area contributed by atoms with Crippen LogP contribution < -0.4 is 0 Å². The van der Waals surface area contributed by atoms with Gasteiger partial charge in [-0.25, -0.2) is 4.98 Å². The normalized spacial score (nSPS) is 22.0. The van der Waals surface area contributed by atoms with Gasteiger partial charge in [-0.15, -0.1) is 0 Å². The molecular formula is C14H18N6O2. The Morgan fingerprint density at radius 3 is 2.95 bits per heavy atom. The molecule has 0 aromatic carbocycles. The number of morpholine rings is 1.